The molecule has 0 radical (unpaired) electrons. The molecule has 2 aromatic carbocycles. The SMILES string of the molecule is O=C(O)c1cc(F)c2nc(C3(O)CCC(OCc4c(-c5ccccc5OC(F)(F)F)noc4C4CC4)CC3)sc2c1. The van der Waals surface area contributed by atoms with Crippen molar-refractivity contribution < 1.29 is 46.6 Å². The predicted molar refractivity (Wildman–Crippen MR) is 138 cm³/mol. The number of benzene rings is 2. The van der Waals surface area contributed by atoms with Crippen molar-refractivity contribution in [3.63, 3.8) is 0 Å². The summed E-state index contributed by atoms with van der Waals surface area (Å²) in [6.45, 7) is 0.0540. The maximum atomic E-state index is 14.5. The third-order valence-electron chi connectivity index (χ3n) is 7.45. The van der Waals surface area contributed by atoms with Gasteiger partial charge in [0.25, 0.3) is 0 Å². The minimum absolute atomic E-state index is 0.0178. The van der Waals surface area contributed by atoms with Crippen molar-refractivity contribution in [1.29, 1.82) is 0 Å². The van der Waals surface area contributed by atoms with Crippen LogP contribution in [0.5, 0.6) is 5.75 Å². The van der Waals surface area contributed by atoms with Gasteiger partial charge in [-0.1, -0.05) is 17.3 Å². The van der Waals surface area contributed by atoms with Gasteiger partial charge < -0.3 is 24.2 Å². The Bertz CT molecular complexity index is 1600. The highest BCUT2D eigenvalue weighted by Gasteiger charge is 2.39. The number of carboxylic acid groups (broad SMARTS) is 1. The molecule has 0 unspecified atom stereocenters. The molecule has 6 rings (SSSR count). The molecule has 2 saturated carbocycles. The van der Waals surface area contributed by atoms with E-state index in [4.69, 9.17) is 9.26 Å². The molecule has 4 aromatic rings. The van der Waals surface area contributed by atoms with Gasteiger partial charge in [-0.2, -0.15) is 0 Å². The van der Waals surface area contributed by atoms with E-state index in [9.17, 15) is 32.6 Å². The van der Waals surface area contributed by atoms with Gasteiger partial charge in [-0.05, 0) is 62.8 Å². The van der Waals surface area contributed by atoms with Crippen molar-refractivity contribution in [3.8, 4) is 17.0 Å². The normalized spacial score (nSPS) is 21.3. The third kappa shape index (κ3) is 5.66. The first-order valence-corrected chi connectivity index (χ1v) is 13.8. The van der Waals surface area contributed by atoms with Crippen LogP contribution in [-0.4, -0.2) is 38.8 Å². The number of para-hydroxylation sites is 1. The number of nitrogens with zero attached hydrogens (tertiary/aromatic N) is 2. The highest BCUT2D eigenvalue weighted by molar-refractivity contribution is 7.18. The first-order chi connectivity index (χ1) is 19.5. The third-order valence-corrected chi connectivity index (χ3v) is 8.65. The fourth-order valence-electron chi connectivity index (χ4n) is 5.18. The second kappa shape index (κ2) is 10.4. The van der Waals surface area contributed by atoms with Gasteiger partial charge in [0.05, 0.1) is 23.0 Å². The van der Waals surface area contributed by atoms with E-state index in [0.717, 1.165) is 30.2 Å². The topological polar surface area (TPSA) is 115 Å². The molecule has 13 heteroatoms. The molecule has 2 N–H and O–H groups in total. The molecule has 0 aliphatic heterocycles. The second-order valence-electron chi connectivity index (χ2n) is 10.4. The number of alkyl halides is 3. The predicted octanol–water partition coefficient (Wildman–Crippen LogP) is 6.91. The Morgan fingerprint density at radius 2 is 1.88 bits per heavy atom. The highest BCUT2D eigenvalue weighted by Crippen LogP contribution is 2.46. The number of rotatable bonds is 8. The van der Waals surface area contributed by atoms with Gasteiger partial charge in [0, 0.05) is 17.0 Å². The lowest BCUT2D eigenvalue weighted by Gasteiger charge is -2.34. The Morgan fingerprint density at radius 3 is 2.56 bits per heavy atom. The van der Waals surface area contributed by atoms with Crippen LogP contribution in [-0.2, 0) is 16.9 Å². The summed E-state index contributed by atoms with van der Waals surface area (Å²) in [5, 5.41) is 25.0. The van der Waals surface area contributed by atoms with Gasteiger partial charge in [0.2, 0.25) is 0 Å². The monoisotopic (exact) mass is 592 g/mol. The Balaban J connectivity index is 1.18. The molecule has 2 aliphatic carbocycles. The minimum Gasteiger partial charge on any atom is -0.478 e. The van der Waals surface area contributed by atoms with Crippen LogP contribution in [0.15, 0.2) is 40.9 Å². The number of carbonyl (C=O) groups is 1. The summed E-state index contributed by atoms with van der Waals surface area (Å²) < 4.78 is 69.9. The zero-order chi connectivity index (χ0) is 28.9. The fraction of sp³-hybridized carbons (Fsp3) is 0.393. The van der Waals surface area contributed by atoms with Crippen molar-refractivity contribution in [2.75, 3.05) is 0 Å². The molecule has 2 aromatic heterocycles. The number of hydrogen-bond acceptors (Lipinski definition) is 8. The van der Waals surface area contributed by atoms with Crippen molar-refractivity contribution in [2.45, 2.75) is 69.1 Å². The highest BCUT2D eigenvalue weighted by atomic mass is 32.1. The Hall–Kier alpha value is -3.55. The van der Waals surface area contributed by atoms with Crippen LogP contribution in [0.25, 0.3) is 21.5 Å². The van der Waals surface area contributed by atoms with E-state index in [1.54, 1.807) is 6.07 Å². The van der Waals surface area contributed by atoms with Gasteiger partial charge in [-0.3, -0.25) is 0 Å². The van der Waals surface area contributed by atoms with Crippen molar-refractivity contribution >= 4 is 27.5 Å². The molecule has 41 heavy (non-hydrogen) atoms. The smallest absolute Gasteiger partial charge is 0.478 e. The van der Waals surface area contributed by atoms with E-state index in [1.165, 1.54) is 24.3 Å². The van der Waals surface area contributed by atoms with Gasteiger partial charge in [-0.15, -0.1) is 24.5 Å². The molecular formula is C28H24F4N2O6S. The zero-order valence-electron chi connectivity index (χ0n) is 21.4. The van der Waals surface area contributed by atoms with Crippen LogP contribution in [0.1, 0.15) is 71.1 Å². The van der Waals surface area contributed by atoms with E-state index < -0.39 is 23.7 Å². The summed E-state index contributed by atoms with van der Waals surface area (Å²) in [7, 11) is 0. The van der Waals surface area contributed by atoms with Gasteiger partial charge in [-0.25, -0.2) is 14.2 Å². The number of halogens is 4. The largest absolute Gasteiger partial charge is 0.573 e. The molecule has 0 atom stereocenters. The molecular weight excluding hydrogens is 568 g/mol. The van der Waals surface area contributed by atoms with E-state index in [0.29, 0.717) is 33.9 Å². The molecule has 2 aliphatic rings. The maximum absolute atomic E-state index is 14.5. The summed E-state index contributed by atoms with van der Waals surface area (Å²) in [5.41, 5.74) is -0.552. The number of aromatic carboxylic acids is 1. The fourth-order valence-corrected chi connectivity index (χ4v) is 6.34. The summed E-state index contributed by atoms with van der Waals surface area (Å²) in [6.07, 6.45) is -1.92. The average Bonchev–Trinajstić information content (AvgIpc) is 3.51. The van der Waals surface area contributed by atoms with E-state index >= 15 is 0 Å². The Labute approximate surface area is 234 Å². The number of carboxylic acids is 1. The number of ether oxygens (including phenoxy) is 2. The van der Waals surface area contributed by atoms with Crippen molar-refractivity contribution in [2.24, 2.45) is 0 Å². The first kappa shape index (κ1) is 27.6. The lowest BCUT2D eigenvalue weighted by Crippen LogP contribution is -2.34. The van der Waals surface area contributed by atoms with E-state index in [1.807, 2.05) is 0 Å². The molecule has 8 nitrogen and oxygen atoms in total. The van der Waals surface area contributed by atoms with Crippen LogP contribution in [0.4, 0.5) is 17.6 Å². The number of aliphatic hydroxyl groups is 1. The van der Waals surface area contributed by atoms with Gasteiger partial charge >= 0.3 is 12.3 Å². The lowest BCUT2D eigenvalue weighted by atomic mass is 9.83. The van der Waals surface area contributed by atoms with Crippen molar-refractivity contribution in [3.05, 3.63) is 64.1 Å². The average molecular weight is 593 g/mol. The molecule has 0 bridgehead atoms. The molecule has 0 saturated heterocycles. The minimum atomic E-state index is -4.87. The maximum Gasteiger partial charge on any atom is 0.573 e. The van der Waals surface area contributed by atoms with E-state index in [2.05, 4.69) is 14.9 Å². The summed E-state index contributed by atoms with van der Waals surface area (Å²) in [6, 6.07) is 7.98. The lowest BCUT2D eigenvalue weighted by molar-refractivity contribution is -0.274. The number of thiazole rings is 1. The number of aromatic nitrogens is 2. The van der Waals surface area contributed by atoms with Gasteiger partial charge in [0.15, 0.2) is 5.82 Å². The van der Waals surface area contributed by atoms with Crippen LogP contribution in [0.2, 0.25) is 0 Å². The Morgan fingerprint density at radius 1 is 1.15 bits per heavy atom. The molecule has 216 valence electrons. The molecule has 2 fully saturated rings. The first-order valence-electron chi connectivity index (χ1n) is 13.0. The Kier molecular flexibility index (Phi) is 6.99. The zero-order valence-corrected chi connectivity index (χ0v) is 22.2. The summed E-state index contributed by atoms with van der Waals surface area (Å²) in [4.78, 5) is 15.6. The summed E-state index contributed by atoms with van der Waals surface area (Å²) in [5.74, 6) is -1.69. The van der Waals surface area contributed by atoms with E-state index in [-0.39, 0.29) is 59.6 Å². The van der Waals surface area contributed by atoms with Crippen LogP contribution in [0.3, 0.4) is 0 Å². The second-order valence-corrected chi connectivity index (χ2v) is 11.4. The van der Waals surface area contributed by atoms with Gasteiger partial charge in [0.1, 0.15) is 33.3 Å². The van der Waals surface area contributed by atoms with Crippen molar-refractivity contribution in [1.82, 2.24) is 10.1 Å². The quantitative estimate of drug-likeness (QED) is 0.212. The van der Waals surface area contributed by atoms with Crippen LogP contribution < -0.4 is 4.74 Å². The number of fused-ring (bicyclic) bond motifs is 1. The molecule has 2 heterocycles. The molecule has 0 spiro atoms. The van der Waals surface area contributed by atoms with Crippen LogP contribution in [0, 0.1) is 5.82 Å². The number of hydrogen-bond donors (Lipinski definition) is 2. The van der Waals surface area contributed by atoms with Crippen LogP contribution >= 0.6 is 11.3 Å². The summed E-state index contributed by atoms with van der Waals surface area (Å²) >= 11 is 1.06. The standard InChI is InChI=1S/C28H24F4N2O6S/c29-19-11-15(25(35)36)12-21-23(19)33-26(41-21)27(37)9-7-16(8-10-27)38-13-18-22(34-40-24(18)14-5-6-14)17-3-1-2-4-20(17)39-28(30,31)32/h1-4,11-12,14,16,37H,5-10,13H2,(H,35,36). The molecule has 0 amide bonds.